The maximum atomic E-state index is 13.8. The van der Waals surface area contributed by atoms with Crippen molar-refractivity contribution in [3.63, 3.8) is 0 Å². The van der Waals surface area contributed by atoms with Gasteiger partial charge < -0.3 is 10.6 Å². The van der Waals surface area contributed by atoms with Crippen molar-refractivity contribution in [2.24, 2.45) is 11.1 Å². The molecule has 1 spiro atoms. The van der Waals surface area contributed by atoms with Gasteiger partial charge in [0.25, 0.3) is 0 Å². The van der Waals surface area contributed by atoms with Gasteiger partial charge in [0.2, 0.25) is 5.91 Å². The van der Waals surface area contributed by atoms with E-state index in [4.69, 9.17) is 5.73 Å². The summed E-state index contributed by atoms with van der Waals surface area (Å²) in [6.45, 7) is 0.546. The molecular weight excluding hydrogens is 262 g/mol. The van der Waals surface area contributed by atoms with E-state index in [0.29, 0.717) is 31.5 Å². The molecule has 5 heteroatoms. The molecule has 20 heavy (non-hydrogen) atoms. The number of halogens is 2. The van der Waals surface area contributed by atoms with Crippen LogP contribution in [-0.4, -0.2) is 24.7 Å². The lowest BCUT2D eigenvalue weighted by molar-refractivity contribution is -0.128. The predicted molar refractivity (Wildman–Crippen MR) is 72.5 cm³/mol. The summed E-state index contributed by atoms with van der Waals surface area (Å²) in [5.41, 5.74) is 5.89. The van der Waals surface area contributed by atoms with Crippen LogP contribution in [0.25, 0.3) is 0 Å². The Morgan fingerprint density at radius 2 is 1.95 bits per heavy atom. The van der Waals surface area contributed by atoms with Crippen LogP contribution >= 0.6 is 0 Å². The second-order valence-corrected chi connectivity index (χ2v) is 5.96. The van der Waals surface area contributed by atoms with E-state index >= 15 is 0 Å². The fraction of sp³-hybridized carbons (Fsp3) is 0.533. The molecule has 1 aromatic carbocycles. The molecule has 1 aliphatic heterocycles. The van der Waals surface area contributed by atoms with E-state index in [1.54, 1.807) is 17.0 Å². The zero-order valence-electron chi connectivity index (χ0n) is 11.2. The number of amides is 1. The Hall–Kier alpha value is -1.49. The largest absolute Gasteiger partial charge is 0.328 e. The molecule has 1 aromatic rings. The van der Waals surface area contributed by atoms with Crippen molar-refractivity contribution >= 4 is 11.6 Å². The fourth-order valence-corrected chi connectivity index (χ4v) is 3.57. The molecule has 2 N–H and O–H groups in total. The Bertz CT molecular complexity index is 507. The van der Waals surface area contributed by atoms with E-state index in [2.05, 4.69) is 0 Å². The van der Waals surface area contributed by atoms with E-state index in [1.807, 2.05) is 0 Å². The van der Waals surface area contributed by atoms with Crippen LogP contribution in [0, 0.1) is 11.2 Å². The minimum absolute atomic E-state index is 0.0677. The van der Waals surface area contributed by atoms with Gasteiger partial charge in [-0.05, 0) is 49.9 Å². The molecule has 3 rings (SSSR count). The number of rotatable bonds is 1. The first-order valence-electron chi connectivity index (χ1n) is 6.97. The molecule has 108 valence electrons. The number of carbonyl (C=O) groups excluding carboxylic acids is 1. The topological polar surface area (TPSA) is 46.3 Å². The van der Waals surface area contributed by atoms with Gasteiger partial charge in [0.05, 0.1) is 5.41 Å². The molecular formula is C15H18F2N2O. The van der Waals surface area contributed by atoms with Crippen molar-refractivity contribution < 1.29 is 13.6 Å². The highest BCUT2D eigenvalue weighted by Crippen LogP contribution is 2.46. The molecule has 1 saturated heterocycles. The maximum absolute atomic E-state index is 13.8. The molecule has 3 unspecified atom stereocenters. The molecule has 1 heterocycles. The van der Waals surface area contributed by atoms with E-state index in [0.717, 1.165) is 0 Å². The lowest BCUT2D eigenvalue weighted by Gasteiger charge is -2.36. The SMILES string of the molecule is NC1CC(F)CC2(CCN(c3ccc(F)cc3)C2=O)C1. The Kier molecular flexibility index (Phi) is 3.24. The third kappa shape index (κ3) is 2.20. The number of anilines is 1. The summed E-state index contributed by atoms with van der Waals surface area (Å²) in [6.07, 6.45) is 0.764. The summed E-state index contributed by atoms with van der Waals surface area (Å²) in [6, 6.07) is 5.58. The first kappa shape index (κ1) is 13.5. The van der Waals surface area contributed by atoms with Crippen LogP contribution < -0.4 is 10.6 Å². The van der Waals surface area contributed by atoms with Crippen molar-refractivity contribution in [2.45, 2.75) is 37.9 Å². The van der Waals surface area contributed by atoms with Gasteiger partial charge in [0, 0.05) is 18.3 Å². The van der Waals surface area contributed by atoms with Crippen LogP contribution in [0.1, 0.15) is 25.7 Å². The van der Waals surface area contributed by atoms with Gasteiger partial charge in [-0.1, -0.05) is 0 Å². The van der Waals surface area contributed by atoms with Crippen molar-refractivity contribution in [3.05, 3.63) is 30.1 Å². The number of alkyl halides is 1. The van der Waals surface area contributed by atoms with Crippen LogP contribution in [0.2, 0.25) is 0 Å². The number of nitrogens with zero attached hydrogens (tertiary/aromatic N) is 1. The maximum Gasteiger partial charge on any atom is 0.233 e. The predicted octanol–water partition coefficient (Wildman–Crippen LogP) is 2.40. The number of nitrogens with two attached hydrogens (primary N) is 1. The van der Waals surface area contributed by atoms with Crippen molar-refractivity contribution in [1.82, 2.24) is 0 Å². The van der Waals surface area contributed by atoms with Gasteiger partial charge >= 0.3 is 0 Å². The minimum atomic E-state index is -1.00. The Balaban J connectivity index is 1.85. The standard InChI is InChI=1S/C15H18F2N2O/c16-10-1-3-13(4-2-10)19-6-5-15(14(19)20)8-11(17)7-12(18)9-15/h1-4,11-12H,5-9,18H2. The lowest BCUT2D eigenvalue weighted by Crippen LogP contribution is -2.45. The fourth-order valence-electron chi connectivity index (χ4n) is 3.57. The Labute approximate surface area is 116 Å². The van der Waals surface area contributed by atoms with Crippen molar-refractivity contribution in [3.8, 4) is 0 Å². The van der Waals surface area contributed by atoms with E-state index in [9.17, 15) is 13.6 Å². The molecule has 0 radical (unpaired) electrons. The number of hydrogen-bond donors (Lipinski definition) is 1. The van der Waals surface area contributed by atoms with Gasteiger partial charge in [-0.3, -0.25) is 4.79 Å². The average Bonchev–Trinajstić information content (AvgIpc) is 2.67. The molecule has 0 aromatic heterocycles. The molecule has 2 aliphatic rings. The van der Waals surface area contributed by atoms with Crippen LogP contribution in [0.5, 0.6) is 0 Å². The summed E-state index contributed by atoms with van der Waals surface area (Å²) in [4.78, 5) is 14.3. The third-order valence-corrected chi connectivity index (χ3v) is 4.47. The quantitative estimate of drug-likeness (QED) is 0.858. The molecule has 3 atom stereocenters. The zero-order valence-corrected chi connectivity index (χ0v) is 11.2. The molecule has 0 bridgehead atoms. The summed E-state index contributed by atoms with van der Waals surface area (Å²) in [5, 5.41) is 0. The van der Waals surface area contributed by atoms with E-state index < -0.39 is 11.6 Å². The molecule has 1 saturated carbocycles. The summed E-state index contributed by atoms with van der Waals surface area (Å²) >= 11 is 0. The summed E-state index contributed by atoms with van der Waals surface area (Å²) in [5.74, 6) is -0.402. The first-order valence-corrected chi connectivity index (χ1v) is 6.97. The average molecular weight is 280 g/mol. The molecule has 2 fully saturated rings. The summed E-state index contributed by atoms with van der Waals surface area (Å²) < 4.78 is 26.7. The lowest BCUT2D eigenvalue weighted by atomic mass is 9.70. The number of benzene rings is 1. The highest BCUT2D eigenvalue weighted by atomic mass is 19.1. The van der Waals surface area contributed by atoms with Gasteiger partial charge in [-0.15, -0.1) is 0 Å². The normalized spacial score (nSPS) is 34.0. The zero-order chi connectivity index (χ0) is 14.3. The highest BCUT2D eigenvalue weighted by molar-refractivity contribution is 6.00. The third-order valence-electron chi connectivity index (χ3n) is 4.47. The van der Waals surface area contributed by atoms with Gasteiger partial charge in [-0.2, -0.15) is 0 Å². The smallest absolute Gasteiger partial charge is 0.233 e. The molecule has 3 nitrogen and oxygen atoms in total. The van der Waals surface area contributed by atoms with E-state index in [-0.39, 0.29) is 24.2 Å². The number of hydrogen-bond acceptors (Lipinski definition) is 2. The first-order chi connectivity index (χ1) is 9.50. The second kappa shape index (κ2) is 4.81. The van der Waals surface area contributed by atoms with Gasteiger partial charge in [0.1, 0.15) is 12.0 Å². The summed E-state index contributed by atoms with van der Waals surface area (Å²) in [7, 11) is 0. The Morgan fingerprint density at radius 1 is 1.25 bits per heavy atom. The van der Waals surface area contributed by atoms with Crippen LogP contribution in [-0.2, 0) is 4.79 Å². The van der Waals surface area contributed by atoms with Crippen molar-refractivity contribution in [2.75, 3.05) is 11.4 Å². The monoisotopic (exact) mass is 280 g/mol. The van der Waals surface area contributed by atoms with Crippen LogP contribution in [0.3, 0.4) is 0 Å². The van der Waals surface area contributed by atoms with Crippen molar-refractivity contribution in [1.29, 1.82) is 0 Å². The second-order valence-electron chi connectivity index (χ2n) is 5.96. The van der Waals surface area contributed by atoms with E-state index in [1.165, 1.54) is 12.1 Å². The Morgan fingerprint density at radius 3 is 2.60 bits per heavy atom. The number of carbonyl (C=O) groups is 1. The highest BCUT2D eigenvalue weighted by Gasteiger charge is 2.51. The molecule has 1 amide bonds. The minimum Gasteiger partial charge on any atom is -0.328 e. The van der Waals surface area contributed by atoms with Crippen LogP contribution in [0.15, 0.2) is 24.3 Å². The van der Waals surface area contributed by atoms with Gasteiger partial charge in [-0.25, -0.2) is 8.78 Å². The van der Waals surface area contributed by atoms with Crippen LogP contribution in [0.4, 0.5) is 14.5 Å². The van der Waals surface area contributed by atoms with Gasteiger partial charge in [0.15, 0.2) is 0 Å². The molecule has 1 aliphatic carbocycles.